The molecule has 0 aliphatic carbocycles. The van der Waals surface area contributed by atoms with Crippen molar-refractivity contribution in [2.45, 2.75) is 31.7 Å². The van der Waals surface area contributed by atoms with Gasteiger partial charge in [0.2, 0.25) is 11.6 Å². The van der Waals surface area contributed by atoms with Crippen LogP contribution < -0.4 is 14.2 Å². The Morgan fingerprint density at radius 1 is 0.909 bits per heavy atom. The summed E-state index contributed by atoms with van der Waals surface area (Å²) in [6.07, 6.45) is 0. The van der Waals surface area contributed by atoms with Crippen molar-refractivity contribution in [2.75, 3.05) is 19.8 Å². The number of halogens is 1. The zero-order valence-electron chi connectivity index (χ0n) is 18.6. The van der Waals surface area contributed by atoms with Crippen LogP contribution in [0, 0.1) is 0 Å². The van der Waals surface area contributed by atoms with Gasteiger partial charge in [-0.2, -0.15) is 0 Å². The summed E-state index contributed by atoms with van der Waals surface area (Å²) in [5.74, 6) is 2.63. The normalized spacial score (nSPS) is 11.0. The predicted molar refractivity (Wildman–Crippen MR) is 130 cm³/mol. The summed E-state index contributed by atoms with van der Waals surface area (Å²) >= 11 is 7.77. The lowest BCUT2D eigenvalue weighted by molar-refractivity contribution is 0.261. The van der Waals surface area contributed by atoms with Crippen LogP contribution in [0.2, 0.25) is 5.15 Å². The fraction of sp³-hybridized carbons (Fsp3) is 0.292. The molecule has 0 fully saturated rings. The summed E-state index contributed by atoms with van der Waals surface area (Å²) in [7, 11) is 0. The van der Waals surface area contributed by atoms with Crippen molar-refractivity contribution < 1.29 is 18.6 Å². The maximum Gasteiger partial charge on any atom is 0.277 e. The molecule has 0 atom stereocenters. The Hall–Kier alpha value is -2.97. The van der Waals surface area contributed by atoms with E-state index < -0.39 is 0 Å². The minimum absolute atomic E-state index is 0.366. The quantitative estimate of drug-likeness (QED) is 0.188. The molecule has 0 aliphatic heterocycles. The highest BCUT2D eigenvalue weighted by molar-refractivity contribution is 7.98. The molecular formula is C24H24ClN3O4S. The highest BCUT2D eigenvalue weighted by Crippen LogP contribution is 2.42. The van der Waals surface area contributed by atoms with Gasteiger partial charge in [0.1, 0.15) is 5.15 Å². The molecule has 0 saturated heterocycles. The molecule has 33 heavy (non-hydrogen) atoms. The molecule has 0 unspecified atom stereocenters. The summed E-state index contributed by atoms with van der Waals surface area (Å²) in [5, 5.41) is 10.3. The van der Waals surface area contributed by atoms with E-state index in [2.05, 4.69) is 15.2 Å². The first kappa shape index (κ1) is 23.2. The van der Waals surface area contributed by atoms with E-state index in [4.69, 9.17) is 30.2 Å². The number of nitrogens with zero attached hydrogens (tertiary/aromatic N) is 3. The van der Waals surface area contributed by atoms with Crippen molar-refractivity contribution in [3.63, 3.8) is 0 Å². The first-order valence-electron chi connectivity index (χ1n) is 10.7. The van der Waals surface area contributed by atoms with Gasteiger partial charge in [-0.05, 0) is 45.0 Å². The zero-order valence-corrected chi connectivity index (χ0v) is 20.2. The van der Waals surface area contributed by atoms with Gasteiger partial charge in [0.15, 0.2) is 11.5 Å². The molecule has 2 aromatic carbocycles. The molecule has 0 radical (unpaired) electrons. The lowest BCUT2D eigenvalue weighted by Crippen LogP contribution is -2.03. The van der Waals surface area contributed by atoms with Crippen LogP contribution in [0.15, 0.2) is 52.1 Å². The molecule has 2 aromatic heterocycles. The first-order chi connectivity index (χ1) is 16.1. The van der Waals surface area contributed by atoms with Gasteiger partial charge in [0.25, 0.3) is 5.22 Å². The fourth-order valence-electron chi connectivity index (χ4n) is 3.27. The first-order valence-corrected chi connectivity index (χ1v) is 12.1. The van der Waals surface area contributed by atoms with Crippen LogP contribution in [0.5, 0.6) is 17.2 Å². The molecule has 172 valence electrons. The number of thioether (sulfide) groups is 1. The molecule has 2 heterocycles. The third-order valence-corrected chi connectivity index (χ3v) is 5.86. The Labute approximate surface area is 201 Å². The van der Waals surface area contributed by atoms with E-state index in [1.807, 2.05) is 63.2 Å². The third-order valence-electron chi connectivity index (χ3n) is 4.66. The summed E-state index contributed by atoms with van der Waals surface area (Å²) in [6.45, 7) is 7.21. The smallest absolute Gasteiger partial charge is 0.277 e. The molecule has 4 aromatic rings. The lowest BCUT2D eigenvalue weighted by atomic mass is 10.2. The van der Waals surface area contributed by atoms with Gasteiger partial charge in [-0.1, -0.05) is 41.6 Å². The van der Waals surface area contributed by atoms with Crippen molar-refractivity contribution in [2.24, 2.45) is 0 Å². The molecule has 0 bridgehead atoms. The molecular weight excluding hydrogens is 462 g/mol. The van der Waals surface area contributed by atoms with Gasteiger partial charge in [-0.25, -0.2) is 4.98 Å². The van der Waals surface area contributed by atoms with Crippen LogP contribution in [0.25, 0.3) is 22.4 Å². The van der Waals surface area contributed by atoms with Crippen molar-refractivity contribution in [1.82, 2.24) is 15.2 Å². The van der Waals surface area contributed by atoms with E-state index in [1.165, 1.54) is 11.8 Å². The number of para-hydroxylation sites is 1. The summed E-state index contributed by atoms with van der Waals surface area (Å²) in [4.78, 5) is 4.46. The van der Waals surface area contributed by atoms with Crippen molar-refractivity contribution >= 4 is 34.3 Å². The SMILES string of the molecule is CCOc1cc(-c2nnc(SCc3cc4ccccc4nc3Cl)o2)cc(OCC)c1OCC. The van der Waals surface area contributed by atoms with Crippen LogP contribution in [0.4, 0.5) is 0 Å². The Balaban J connectivity index is 1.57. The number of fused-ring (bicyclic) bond motifs is 1. The van der Waals surface area contributed by atoms with Gasteiger partial charge >= 0.3 is 0 Å². The minimum Gasteiger partial charge on any atom is -0.490 e. The van der Waals surface area contributed by atoms with Crippen LogP contribution >= 0.6 is 23.4 Å². The van der Waals surface area contributed by atoms with Crippen LogP contribution in [-0.4, -0.2) is 35.0 Å². The Bertz CT molecular complexity index is 1220. The number of pyridine rings is 1. The molecule has 0 aliphatic rings. The number of benzene rings is 2. The second kappa shape index (κ2) is 10.8. The van der Waals surface area contributed by atoms with E-state index in [0.29, 0.717) is 64.7 Å². The predicted octanol–water partition coefficient (Wildman–Crippen LogP) is 6.43. The molecule has 0 amide bonds. The van der Waals surface area contributed by atoms with Crippen molar-refractivity contribution in [1.29, 1.82) is 0 Å². The Morgan fingerprint density at radius 3 is 2.30 bits per heavy atom. The van der Waals surface area contributed by atoms with Crippen LogP contribution in [0.3, 0.4) is 0 Å². The topological polar surface area (TPSA) is 79.5 Å². The summed E-state index contributed by atoms with van der Waals surface area (Å²) in [5.41, 5.74) is 2.45. The van der Waals surface area contributed by atoms with E-state index in [-0.39, 0.29) is 0 Å². The van der Waals surface area contributed by atoms with E-state index in [1.54, 1.807) is 0 Å². The van der Waals surface area contributed by atoms with Gasteiger partial charge in [-0.3, -0.25) is 0 Å². The van der Waals surface area contributed by atoms with Crippen molar-refractivity contribution in [3.8, 4) is 28.7 Å². The molecule has 7 nitrogen and oxygen atoms in total. The summed E-state index contributed by atoms with van der Waals surface area (Å²) < 4.78 is 23.2. The van der Waals surface area contributed by atoms with Crippen molar-refractivity contribution in [3.05, 3.63) is 53.2 Å². The van der Waals surface area contributed by atoms with E-state index in [9.17, 15) is 0 Å². The molecule has 0 saturated carbocycles. The van der Waals surface area contributed by atoms with Gasteiger partial charge < -0.3 is 18.6 Å². The Morgan fingerprint density at radius 2 is 1.61 bits per heavy atom. The highest BCUT2D eigenvalue weighted by Gasteiger charge is 2.19. The molecule has 9 heteroatoms. The second-order valence-corrected chi connectivity index (χ2v) is 8.18. The minimum atomic E-state index is 0.366. The van der Waals surface area contributed by atoms with E-state index >= 15 is 0 Å². The standard InChI is InChI=1S/C24H24ClN3O4S/c1-4-29-19-12-16(13-20(30-5-2)21(19)31-6-3)23-27-28-24(32-23)33-14-17-11-15-9-7-8-10-18(15)26-22(17)25/h7-13H,4-6,14H2,1-3H3. The van der Waals surface area contributed by atoms with Crippen LogP contribution in [-0.2, 0) is 5.75 Å². The number of hydrogen-bond donors (Lipinski definition) is 0. The van der Waals surface area contributed by atoms with Gasteiger partial charge in [0.05, 0.1) is 25.3 Å². The highest BCUT2D eigenvalue weighted by atomic mass is 35.5. The van der Waals surface area contributed by atoms with Crippen LogP contribution in [0.1, 0.15) is 26.3 Å². The molecule has 0 N–H and O–H groups in total. The lowest BCUT2D eigenvalue weighted by Gasteiger charge is -2.16. The van der Waals surface area contributed by atoms with E-state index in [0.717, 1.165) is 16.5 Å². The van der Waals surface area contributed by atoms with Gasteiger partial charge in [-0.15, -0.1) is 10.2 Å². The number of aromatic nitrogens is 3. The average Bonchev–Trinajstić information content (AvgIpc) is 3.29. The fourth-order valence-corrected chi connectivity index (χ4v) is 4.30. The van der Waals surface area contributed by atoms with Gasteiger partial charge in [0, 0.05) is 22.3 Å². The maximum atomic E-state index is 6.37. The largest absolute Gasteiger partial charge is 0.490 e. The molecule has 0 spiro atoms. The molecule has 4 rings (SSSR count). The number of ether oxygens (including phenoxy) is 3. The zero-order chi connectivity index (χ0) is 23.2. The maximum absolute atomic E-state index is 6.37. The monoisotopic (exact) mass is 485 g/mol. The average molecular weight is 486 g/mol. The summed E-state index contributed by atoms with van der Waals surface area (Å²) in [6, 6.07) is 13.5. The number of rotatable bonds is 10. The Kier molecular flexibility index (Phi) is 7.57. The second-order valence-electron chi connectivity index (χ2n) is 6.89. The number of hydrogen-bond acceptors (Lipinski definition) is 8. The third kappa shape index (κ3) is 5.34.